The molecule has 21 heavy (non-hydrogen) atoms. The fraction of sp³-hybridized carbons (Fsp3) is 0.154. The fourth-order valence-electron chi connectivity index (χ4n) is 1.54. The van der Waals surface area contributed by atoms with Gasteiger partial charge in [0.1, 0.15) is 5.75 Å². The molecule has 1 aromatic heterocycles. The van der Waals surface area contributed by atoms with Crippen molar-refractivity contribution in [3.8, 4) is 17.7 Å². The molecule has 2 rings (SSSR count). The number of nitrogens with one attached hydrogen (secondary N) is 1. The van der Waals surface area contributed by atoms with E-state index in [-0.39, 0.29) is 17.4 Å². The first-order valence-corrected chi connectivity index (χ1v) is 5.74. The smallest absolute Gasteiger partial charge is 0.420 e. The molecule has 0 radical (unpaired) electrons. The van der Waals surface area contributed by atoms with Gasteiger partial charge in [-0.2, -0.15) is 23.4 Å². The lowest BCUT2D eigenvalue weighted by Crippen LogP contribution is -2.08. The highest BCUT2D eigenvalue weighted by molar-refractivity contribution is 5.45. The standard InChI is InChI=1S/C13H9F3N4O/c1-18-12-19-5-4-11(20-12)21-10-3-2-8(7-17)6-9(10)13(14,15)16/h2-6H,1H3,(H,18,19,20). The third-order valence-electron chi connectivity index (χ3n) is 2.48. The van der Waals surface area contributed by atoms with E-state index in [0.717, 1.165) is 12.1 Å². The van der Waals surface area contributed by atoms with Crippen LogP contribution in [0.3, 0.4) is 0 Å². The summed E-state index contributed by atoms with van der Waals surface area (Å²) in [5.41, 5.74) is -1.14. The molecule has 1 N–H and O–H groups in total. The molecule has 0 aliphatic rings. The Balaban J connectivity index is 2.42. The van der Waals surface area contributed by atoms with E-state index >= 15 is 0 Å². The highest BCUT2D eigenvalue weighted by atomic mass is 19.4. The van der Waals surface area contributed by atoms with E-state index in [4.69, 9.17) is 10.00 Å². The molecule has 2 aromatic rings. The summed E-state index contributed by atoms with van der Waals surface area (Å²) in [6.07, 6.45) is -3.29. The number of anilines is 1. The van der Waals surface area contributed by atoms with Gasteiger partial charge in [-0.25, -0.2) is 4.98 Å². The van der Waals surface area contributed by atoms with Gasteiger partial charge < -0.3 is 10.1 Å². The third-order valence-corrected chi connectivity index (χ3v) is 2.48. The van der Waals surface area contributed by atoms with E-state index in [1.165, 1.54) is 18.3 Å². The Bertz CT molecular complexity index is 695. The number of alkyl halides is 3. The van der Waals surface area contributed by atoms with Crippen molar-refractivity contribution in [2.75, 3.05) is 12.4 Å². The van der Waals surface area contributed by atoms with Crippen LogP contribution in [0.15, 0.2) is 30.5 Å². The van der Waals surface area contributed by atoms with Crippen LogP contribution in [-0.4, -0.2) is 17.0 Å². The zero-order valence-corrected chi connectivity index (χ0v) is 10.8. The number of nitrogens with zero attached hydrogens (tertiary/aromatic N) is 3. The van der Waals surface area contributed by atoms with Gasteiger partial charge in [-0.05, 0) is 18.2 Å². The van der Waals surface area contributed by atoms with Gasteiger partial charge in [0.2, 0.25) is 11.8 Å². The molecule has 1 heterocycles. The van der Waals surface area contributed by atoms with Crippen molar-refractivity contribution in [1.29, 1.82) is 5.26 Å². The summed E-state index contributed by atoms with van der Waals surface area (Å²) in [6, 6.07) is 6.05. The summed E-state index contributed by atoms with van der Waals surface area (Å²) in [4.78, 5) is 7.71. The molecule has 0 spiro atoms. The van der Waals surface area contributed by atoms with E-state index in [2.05, 4.69) is 15.3 Å². The van der Waals surface area contributed by atoms with Crippen molar-refractivity contribution < 1.29 is 17.9 Å². The molecule has 0 amide bonds. The zero-order chi connectivity index (χ0) is 15.5. The van der Waals surface area contributed by atoms with Crippen molar-refractivity contribution in [3.63, 3.8) is 0 Å². The number of halogens is 3. The molecule has 0 saturated carbocycles. The van der Waals surface area contributed by atoms with Gasteiger partial charge in [0.05, 0.1) is 17.2 Å². The van der Waals surface area contributed by atoms with Crippen molar-refractivity contribution in [3.05, 3.63) is 41.6 Å². The summed E-state index contributed by atoms with van der Waals surface area (Å²) >= 11 is 0. The summed E-state index contributed by atoms with van der Waals surface area (Å²) in [6.45, 7) is 0. The van der Waals surface area contributed by atoms with Crippen molar-refractivity contribution in [2.45, 2.75) is 6.18 Å². The summed E-state index contributed by atoms with van der Waals surface area (Å²) in [5, 5.41) is 11.3. The second-order valence-corrected chi connectivity index (χ2v) is 3.89. The van der Waals surface area contributed by atoms with E-state index in [9.17, 15) is 13.2 Å². The quantitative estimate of drug-likeness (QED) is 0.941. The lowest BCUT2D eigenvalue weighted by atomic mass is 10.1. The first-order chi connectivity index (χ1) is 9.94. The SMILES string of the molecule is CNc1nccc(Oc2ccc(C#N)cc2C(F)(F)F)n1. The number of hydrogen-bond acceptors (Lipinski definition) is 5. The number of hydrogen-bond donors (Lipinski definition) is 1. The number of rotatable bonds is 3. The van der Waals surface area contributed by atoms with Crippen molar-refractivity contribution in [2.24, 2.45) is 0 Å². The van der Waals surface area contributed by atoms with Crippen LogP contribution in [0.1, 0.15) is 11.1 Å². The van der Waals surface area contributed by atoms with Crippen LogP contribution in [0.25, 0.3) is 0 Å². The van der Waals surface area contributed by atoms with Crippen LogP contribution in [0.5, 0.6) is 11.6 Å². The van der Waals surface area contributed by atoms with Gasteiger partial charge in [-0.3, -0.25) is 0 Å². The number of aromatic nitrogens is 2. The Morgan fingerprint density at radius 1 is 1.29 bits per heavy atom. The Labute approximate surface area is 118 Å². The van der Waals surface area contributed by atoms with Gasteiger partial charge in [0.15, 0.2) is 0 Å². The first-order valence-electron chi connectivity index (χ1n) is 5.74. The monoisotopic (exact) mass is 294 g/mol. The first kappa shape index (κ1) is 14.6. The third kappa shape index (κ3) is 3.39. The number of ether oxygens (including phenoxy) is 1. The van der Waals surface area contributed by atoms with Crippen LogP contribution in [0, 0.1) is 11.3 Å². The van der Waals surface area contributed by atoms with Gasteiger partial charge in [0, 0.05) is 19.3 Å². The van der Waals surface area contributed by atoms with E-state index < -0.39 is 17.5 Å². The highest BCUT2D eigenvalue weighted by Gasteiger charge is 2.35. The van der Waals surface area contributed by atoms with Gasteiger partial charge >= 0.3 is 6.18 Å². The normalized spacial score (nSPS) is 10.8. The molecule has 0 atom stereocenters. The zero-order valence-electron chi connectivity index (χ0n) is 10.8. The van der Waals surface area contributed by atoms with E-state index in [0.29, 0.717) is 0 Å². The van der Waals surface area contributed by atoms with Crippen LogP contribution >= 0.6 is 0 Å². The topological polar surface area (TPSA) is 70.8 Å². The number of benzene rings is 1. The van der Waals surface area contributed by atoms with Crippen LogP contribution in [0.2, 0.25) is 0 Å². The van der Waals surface area contributed by atoms with Crippen molar-refractivity contribution in [1.82, 2.24) is 9.97 Å². The highest BCUT2D eigenvalue weighted by Crippen LogP contribution is 2.38. The van der Waals surface area contributed by atoms with E-state index in [1.54, 1.807) is 13.1 Å². The largest absolute Gasteiger partial charge is 0.438 e. The second kappa shape index (κ2) is 5.66. The molecule has 1 aromatic carbocycles. The summed E-state index contributed by atoms with van der Waals surface area (Å²) < 4.78 is 44.1. The fourth-order valence-corrected chi connectivity index (χ4v) is 1.54. The Kier molecular flexibility index (Phi) is 3.93. The molecule has 5 nitrogen and oxygen atoms in total. The maximum atomic E-state index is 13.0. The molecular formula is C13H9F3N4O. The molecule has 0 saturated heterocycles. The molecule has 0 aliphatic carbocycles. The van der Waals surface area contributed by atoms with Gasteiger partial charge in [0.25, 0.3) is 0 Å². The Morgan fingerprint density at radius 2 is 2.05 bits per heavy atom. The number of nitriles is 1. The summed E-state index contributed by atoms with van der Waals surface area (Å²) in [5.74, 6) is -0.249. The van der Waals surface area contributed by atoms with Crippen LogP contribution in [-0.2, 0) is 6.18 Å². The Morgan fingerprint density at radius 3 is 2.67 bits per heavy atom. The van der Waals surface area contributed by atoms with Crippen LogP contribution < -0.4 is 10.1 Å². The molecule has 0 fully saturated rings. The molecular weight excluding hydrogens is 285 g/mol. The predicted molar refractivity (Wildman–Crippen MR) is 67.8 cm³/mol. The molecule has 0 aliphatic heterocycles. The molecule has 0 bridgehead atoms. The molecule has 8 heteroatoms. The molecule has 0 unspecified atom stereocenters. The lowest BCUT2D eigenvalue weighted by molar-refractivity contribution is -0.138. The minimum Gasteiger partial charge on any atom is -0.438 e. The average Bonchev–Trinajstić information content (AvgIpc) is 2.46. The minimum atomic E-state index is -4.64. The van der Waals surface area contributed by atoms with Gasteiger partial charge in [-0.15, -0.1) is 0 Å². The average molecular weight is 294 g/mol. The predicted octanol–water partition coefficient (Wildman–Crippen LogP) is 3.20. The maximum absolute atomic E-state index is 13.0. The summed E-state index contributed by atoms with van der Waals surface area (Å²) in [7, 11) is 1.57. The van der Waals surface area contributed by atoms with Crippen LogP contribution in [0.4, 0.5) is 19.1 Å². The minimum absolute atomic E-state index is 0.0374. The molecule has 108 valence electrons. The van der Waals surface area contributed by atoms with Crippen molar-refractivity contribution >= 4 is 5.95 Å². The lowest BCUT2D eigenvalue weighted by Gasteiger charge is -2.13. The second-order valence-electron chi connectivity index (χ2n) is 3.89. The van der Waals surface area contributed by atoms with E-state index in [1.807, 2.05) is 0 Å². The maximum Gasteiger partial charge on any atom is 0.420 e. The van der Waals surface area contributed by atoms with Gasteiger partial charge in [-0.1, -0.05) is 0 Å². The Hall–Kier alpha value is -2.82.